The SMILES string of the molecule is CCC1NCCC1C1CCC(C)CC1. The lowest BCUT2D eigenvalue weighted by molar-refractivity contribution is 0.196. The fraction of sp³-hybridized carbons (Fsp3) is 1.00. The van der Waals surface area contributed by atoms with E-state index in [-0.39, 0.29) is 0 Å². The molecule has 2 rings (SSSR count). The zero-order valence-electron chi connectivity index (χ0n) is 9.76. The van der Waals surface area contributed by atoms with Crippen LogP contribution < -0.4 is 5.32 Å². The standard InChI is InChI=1S/C13H25N/c1-3-13-12(8-9-14-13)11-6-4-10(2)5-7-11/h10-14H,3-9H2,1-2H3. The molecule has 0 aromatic rings. The zero-order chi connectivity index (χ0) is 9.97. The van der Waals surface area contributed by atoms with Crippen LogP contribution in [-0.4, -0.2) is 12.6 Å². The first-order chi connectivity index (χ1) is 6.81. The predicted octanol–water partition coefficient (Wildman–Crippen LogP) is 3.20. The third-order valence-corrected chi connectivity index (χ3v) is 4.51. The average molecular weight is 195 g/mol. The number of rotatable bonds is 2. The summed E-state index contributed by atoms with van der Waals surface area (Å²) in [5.41, 5.74) is 0. The van der Waals surface area contributed by atoms with E-state index in [1.807, 2.05) is 0 Å². The summed E-state index contributed by atoms with van der Waals surface area (Å²) in [6.45, 7) is 6.02. The van der Waals surface area contributed by atoms with E-state index < -0.39 is 0 Å². The number of hydrogen-bond acceptors (Lipinski definition) is 1. The molecule has 0 amide bonds. The molecule has 2 aliphatic rings. The largest absolute Gasteiger partial charge is 0.314 e. The van der Waals surface area contributed by atoms with Gasteiger partial charge in [-0.25, -0.2) is 0 Å². The number of hydrogen-bond donors (Lipinski definition) is 1. The molecular formula is C13H25N. The van der Waals surface area contributed by atoms with Gasteiger partial charge in [0.1, 0.15) is 0 Å². The van der Waals surface area contributed by atoms with Crippen LogP contribution in [0.25, 0.3) is 0 Å². The van der Waals surface area contributed by atoms with Crippen molar-refractivity contribution < 1.29 is 0 Å². The predicted molar refractivity (Wildman–Crippen MR) is 61.3 cm³/mol. The van der Waals surface area contributed by atoms with Crippen LogP contribution in [0, 0.1) is 17.8 Å². The van der Waals surface area contributed by atoms with Crippen LogP contribution in [0.3, 0.4) is 0 Å². The Morgan fingerprint density at radius 1 is 1.07 bits per heavy atom. The first-order valence-corrected chi connectivity index (χ1v) is 6.54. The molecule has 1 saturated carbocycles. The first-order valence-electron chi connectivity index (χ1n) is 6.54. The molecule has 0 aromatic heterocycles. The van der Waals surface area contributed by atoms with Gasteiger partial charge < -0.3 is 5.32 Å². The van der Waals surface area contributed by atoms with Gasteiger partial charge in [-0.1, -0.05) is 26.7 Å². The Morgan fingerprint density at radius 3 is 2.43 bits per heavy atom. The molecule has 0 bridgehead atoms. The van der Waals surface area contributed by atoms with Gasteiger partial charge in [0.15, 0.2) is 0 Å². The maximum atomic E-state index is 3.66. The second-order valence-corrected chi connectivity index (χ2v) is 5.44. The number of nitrogens with one attached hydrogen (secondary N) is 1. The van der Waals surface area contributed by atoms with Gasteiger partial charge in [-0.05, 0) is 50.0 Å². The molecule has 0 radical (unpaired) electrons. The van der Waals surface area contributed by atoms with Gasteiger partial charge in [0.2, 0.25) is 0 Å². The Labute approximate surface area is 88.7 Å². The smallest absolute Gasteiger partial charge is 0.00958 e. The molecule has 2 unspecified atom stereocenters. The fourth-order valence-electron chi connectivity index (χ4n) is 3.51. The van der Waals surface area contributed by atoms with Crippen LogP contribution in [0.15, 0.2) is 0 Å². The van der Waals surface area contributed by atoms with Crippen LogP contribution in [0.1, 0.15) is 52.4 Å². The summed E-state index contributed by atoms with van der Waals surface area (Å²) >= 11 is 0. The average Bonchev–Trinajstić information content (AvgIpc) is 2.67. The minimum atomic E-state index is 0.841. The summed E-state index contributed by atoms with van der Waals surface area (Å²) in [5, 5.41) is 3.66. The van der Waals surface area contributed by atoms with Crippen molar-refractivity contribution >= 4 is 0 Å². The van der Waals surface area contributed by atoms with Gasteiger partial charge in [0.25, 0.3) is 0 Å². The van der Waals surface area contributed by atoms with E-state index in [1.165, 1.54) is 45.1 Å². The summed E-state index contributed by atoms with van der Waals surface area (Å²) in [5.74, 6) is 3.05. The molecule has 1 heteroatoms. The van der Waals surface area contributed by atoms with E-state index >= 15 is 0 Å². The molecule has 0 aromatic carbocycles. The van der Waals surface area contributed by atoms with Crippen molar-refractivity contribution in [2.24, 2.45) is 17.8 Å². The third kappa shape index (κ3) is 2.13. The van der Waals surface area contributed by atoms with E-state index in [0.29, 0.717) is 0 Å². The highest BCUT2D eigenvalue weighted by Crippen LogP contribution is 2.38. The molecule has 2 atom stereocenters. The maximum Gasteiger partial charge on any atom is 0.00958 e. The maximum absolute atomic E-state index is 3.66. The van der Waals surface area contributed by atoms with E-state index in [2.05, 4.69) is 19.2 Å². The van der Waals surface area contributed by atoms with Crippen molar-refractivity contribution in [2.45, 2.75) is 58.4 Å². The van der Waals surface area contributed by atoms with E-state index in [0.717, 1.165) is 23.8 Å². The second-order valence-electron chi connectivity index (χ2n) is 5.44. The topological polar surface area (TPSA) is 12.0 Å². The minimum Gasteiger partial charge on any atom is -0.314 e. The Hall–Kier alpha value is -0.0400. The van der Waals surface area contributed by atoms with Crippen molar-refractivity contribution in [1.82, 2.24) is 5.32 Å². The molecule has 0 spiro atoms. The van der Waals surface area contributed by atoms with Crippen LogP contribution in [-0.2, 0) is 0 Å². The zero-order valence-corrected chi connectivity index (χ0v) is 9.76. The van der Waals surface area contributed by atoms with Crippen LogP contribution >= 0.6 is 0 Å². The Kier molecular flexibility index (Phi) is 3.48. The van der Waals surface area contributed by atoms with Gasteiger partial charge >= 0.3 is 0 Å². The second kappa shape index (κ2) is 4.65. The lowest BCUT2D eigenvalue weighted by Gasteiger charge is -2.33. The van der Waals surface area contributed by atoms with Gasteiger partial charge in [-0.2, -0.15) is 0 Å². The van der Waals surface area contributed by atoms with Crippen molar-refractivity contribution in [1.29, 1.82) is 0 Å². The minimum absolute atomic E-state index is 0.841. The lowest BCUT2D eigenvalue weighted by atomic mass is 9.73. The van der Waals surface area contributed by atoms with Gasteiger partial charge in [0.05, 0.1) is 0 Å². The van der Waals surface area contributed by atoms with Gasteiger partial charge in [-0.15, -0.1) is 0 Å². The van der Waals surface area contributed by atoms with Crippen LogP contribution in [0.5, 0.6) is 0 Å². The highest BCUT2D eigenvalue weighted by Gasteiger charge is 2.33. The van der Waals surface area contributed by atoms with Crippen molar-refractivity contribution in [3.63, 3.8) is 0 Å². The summed E-state index contributed by atoms with van der Waals surface area (Å²) in [6.07, 6.45) is 8.75. The van der Waals surface area contributed by atoms with E-state index in [9.17, 15) is 0 Å². The van der Waals surface area contributed by atoms with E-state index in [1.54, 1.807) is 0 Å². The van der Waals surface area contributed by atoms with E-state index in [4.69, 9.17) is 0 Å². The highest BCUT2D eigenvalue weighted by atomic mass is 14.9. The molecule has 1 aliphatic heterocycles. The third-order valence-electron chi connectivity index (χ3n) is 4.51. The monoisotopic (exact) mass is 195 g/mol. The van der Waals surface area contributed by atoms with Crippen LogP contribution in [0.4, 0.5) is 0 Å². The normalized spacial score (nSPS) is 44.1. The quantitative estimate of drug-likeness (QED) is 0.713. The Morgan fingerprint density at radius 2 is 1.79 bits per heavy atom. The lowest BCUT2D eigenvalue weighted by Crippen LogP contribution is -2.32. The van der Waals surface area contributed by atoms with Crippen molar-refractivity contribution in [3.05, 3.63) is 0 Å². The molecule has 1 N–H and O–H groups in total. The molecule has 1 nitrogen and oxygen atoms in total. The van der Waals surface area contributed by atoms with Crippen molar-refractivity contribution in [3.8, 4) is 0 Å². The Balaban J connectivity index is 1.88. The summed E-state index contributed by atoms with van der Waals surface area (Å²) in [4.78, 5) is 0. The van der Waals surface area contributed by atoms with Crippen LogP contribution in [0.2, 0.25) is 0 Å². The highest BCUT2D eigenvalue weighted by molar-refractivity contribution is 4.88. The molecule has 1 aliphatic carbocycles. The summed E-state index contributed by atoms with van der Waals surface area (Å²) < 4.78 is 0. The van der Waals surface area contributed by atoms with Gasteiger partial charge in [0, 0.05) is 6.04 Å². The first kappa shape index (κ1) is 10.5. The molecule has 2 fully saturated rings. The Bertz CT molecular complexity index is 170. The summed E-state index contributed by atoms with van der Waals surface area (Å²) in [6, 6.07) is 0.841. The summed E-state index contributed by atoms with van der Waals surface area (Å²) in [7, 11) is 0. The molecule has 1 saturated heterocycles. The molecule has 14 heavy (non-hydrogen) atoms. The fourth-order valence-corrected chi connectivity index (χ4v) is 3.51. The van der Waals surface area contributed by atoms with Gasteiger partial charge in [-0.3, -0.25) is 0 Å². The molecular weight excluding hydrogens is 170 g/mol. The molecule has 82 valence electrons. The van der Waals surface area contributed by atoms with Crippen molar-refractivity contribution in [2.75, 3.05) is 6.54 Å². The molecule has 1 heterocycles.